The van der Waals surface area contributed by atoms with Crippen LogP contribution in [0.25, 0.3) is 0 Å². The molecule has 1 heterocycles. The number of hydrogen-bond donors (Lipinski definition) is 1. The zero-order chi connectivity index (χ0) is 9.19. The van der Waals surface area contributed by atoms with Crippen LogP contribution in [-0.4, -0.2) is 10.1 Å². The Morgan fingerprint density at radius 2 is 2.25 bits per heavy atom. The Bertz CT molecular complexity index is 273. The van der Waals surface area contributed by atoms with Gasteiger partial charge >= 0.3 is 0 Å². The summed E-state index contributed by atoms with van der Waals surface area (Å²) in [5.41, 5.74) is -0.247. The van der Waals surface area contributed by atoms with Gasteiger partial charge in [-0.3, -0.25) is 0 Å². The minimum atomic E-state index is -0.870. The summed E-state index contributed by atoms with van der Waals surface area (Å²) < 4.78 is 0. The first-order valence-electron chi connectivity index (χ1n) is 3.91. The number of aliphatic hydroxyl groups is 1. The smallest absolute Gasteiger partial charge is 0.129 e. The van der Waals surface area contributed by atoms with E-state index in [-0.39, 0.29) is 0 Å². The fourth-order valence-corrected chi connectivity index (χ4v) is 1.05. The molecule has 0 aromatic carbocycles. The fourth-order valence-electron chi connectivity index (χ4n) is 0.889. The molecule has 1 aromatic heterocycles. The fraction of sp³-hybridized carbons (Fsp3) is 0.444. The van der Waals surface area contributed by atoms with Gasteiger partial charge in [-0.15, -0.1) is 0 Å². The minimum absolute atomic E-state index is 0.418. The standard InChI is InChI=1S/C9H12ClNO/c1-3-9(2,12)7-5-4-6-8(10)11-7/h4-6,12H,3H2,1-2H3/t9-/m0/s1. The van der Waals surface area contributed by atoms with Crippen LogP contribution in [0.1, 0.15) is 26.0 Å². The molecule has 0 aliphatic heterocycles. The van der Waals surface area contributed by atoms with Gasteiger partial charge in [0.25, 0.3) is 0 Å². The van der Waals surface area contributed by atoms with E-state index in [1.165, 1.54) is 0 Å². The first-order valence-corrected chi connectivity index (χ1v) is 4.29. The van der Waals surface area contributed by atoms with Gasteiger partial charge in [0.2, 0.25) is 0 Å². The summed E-state index contributed by atoms with van der Waals surface area (Å²) in [6, 6.07) is 5.25. The van der Waals surface area contributed by atoms with E-state index in [2.05, 4.69) is 4.98 Å². The summed E-state index contributed by atoms with van der Waals surface area (Å²) in [6.45, 7) is 3.63. The molecule has 1 N–H and O–H groups in total. The number of rotatable bonds is 2. The van der Waals surface area contributed by atoms with Crippen LogP contribution >= 0.6 is 11.6 Å². The average molecular weight is 186 g/mol. The van der Waals surface area contributed by atoms with Crippen LogP contribution in [0.3, 0.4) is 0 Å². The molecular formula is C9H12ClNO. The van der Waals surface area contributed by atoms with Gasteiger partial charge in [-0.25, -0.2) is 4.98 Å². The second kappa shape index (κ2) is 3.42. The van der Waals surface area contributed by atoms with E-state index in [4.69, 9.17) is 11.6 Å². The number of aromatic nitrogens is 1. The van der Waals surface area contributed by atoms with Gasteiger partial charge < -0.3 is 5.11 Å². The second-order valence-electron chi connectivity index (χ2n) is 2.97. The number of halogens is 1. The molecule has 0 saturated heterocycles. The van der Waals surface area contributed by atoms with E-state index in [1.54, 1.807) is 25.1 Å². The lowest BCUT2D eigenvalue weighted by atomic mass is 9.99. The zero-order valence-electron chi connectivity index (χ0n) is 7.21. The molecule has 0 spiro atoms. The molecule has 0 unspecified atom stereocenters. The predicted octanol–water partition coefficient (Wildman–Crippen LogP) is 2.35. The predicted molar refractivity (Wildman–Crippen MR) is 49.1 cm³/mol. The normalized spacial score (nSPS) is 15.7. The molecule has 66 valence electrons. The summed E-state index contributed by atoms with van der Waals surface area (Å²) in [7, 11) is 0. The molecule has 12 heavy (non-hydrogen) atoms. The summed E-state index contributed by atoms with van der Waals surface area (Å²) in [4.78, 5) is 4.03. The molecule has 0 radical (unpaired) electrons. The second-order valence-corrected chi connectivity index (χ2v) is 3.36. The van der Waals surface area contributed by atoms with Gasteiger partial charge in [-0.05, 0) is 25.5 Å². The maximum absolute atomic E-state index is 9.80. The van der Waals surface area contributed by atoms with Crippen molar-refractivity contribution in [2.24, 2.45) is 0 Å². The highest BCUT2D eigenvalue weighted by molar-refractivity contribution is 6.29. The first kappa shape index (κ1) is 9.49. The number of pyridine rings is 1. The Hall–Kier alpha value is -0.600. The quantitative estimate of drug-likeness (QED) is 0.718. The summed E-state index contributed by atoms with van der Waals surface area (Å²) in [5, 5.41) is 10.2. The Labute approximate surface area is 77.2 Å². The molecule has 0 fully saturated rings. The van der Waals surface area contributed by atoms with Crippen LogP contribution in [0.5, 0.6) is 0 Å². The summed E-state index contributed by atoms with van der Waals surface area (Å²) in [5.74, 6) is 0. The summed E-state index contributed by atoms with van der Waals surface area (Å²) >= 11 is 5.69. The van der Waals surface area contributed by atoms with Crippen molar-refractivity contribution in [1.82, 2.24) is 4.98 Å². The molecule has 3 heteroatoms. The van der Waals surface area contributed by atoms with Gasteiger partial charge in [0.05, 0.1) is 5.69 Å². The van der Waals surface area contributed by atoms with Gasteiger partial charge in [-0.2, -0.15) is 0 Å². The maximum Gasteiger partial charge on any atom is 0.129 e. The topological polar surface area (TPSA) is 33.1 Å². The number of hydrogen-bond acceptors (Lipinski definition) is 2. The molecule has 1 aromatic rings. The van der Waals surface area contributed by atoms with E-state index in [9.17, 15) is 5.11 Å². The molecule has 0 saturated carbocycles. The van der Waals surface area contributed by atoms with Gasteiger partial charge in [0, 0.05) is 0 Å². The monoisotopic (exact) mass is 185 g/mol. The third kappa shape index (κ3) is 1.96. The Kier molecular flexibility index (Phi) is 2.70. The van der Waals surface area contributed by atoms with Crippen molar-refractivity contribution in [3.63, 3.8) is 0 Å². The van der Waals surface area contributed by atoms with Crippen molar-refractivity contribution in [2.45, 2.75) is 25.9 Å². The highest BCUT2D eigenvalue weighted by atomic mass is 35.5. The van der Waals surface area contributed by atoms with E-state index in [1.807, 2.05) is 6.92 Å². The average Bonchev–Trinajstić information content (AvgIpc) is 2.05. The lowest BCUT2D eigenvalue weighted by Gasteiger charge is -2.20. The molecule has 0 amide bonds. The van der Waals surface area contributed by atoms with E-state index in [0.29, 0.717) is 17.3 Å². The van der Waals surface area contributed by atoms with Gasteiger partial charge in [0.15, 0.2) is 0 Å². The molecule has 2 nitrogen and oxygen atoms in total. The molecular weight excluding hydrogens is 174 g/mol. The highest BCUT2D eigenvalue weighted by Crippen LogP contribution is 2.22. The molecule has 1 atom stereocenters. The lowest BCUT2D eigenvalue weighted by molar-refractivity contribution is 0.0485. The van der Waals surface area contributed by atoms with Gasteiger partial charge in [0.1, 0.15) is 10.8 Å². The third-order valence-electron chi connectivity index (χ3n) is 1.96. The number of nitrogens with zero attached hydrogens (tertiary/aromatic N) is 1. The molecule has 0 aliphatic carbocycles. The van der Waals surface area contributed by atoms with Crippen LogP contribution in [0.15, 0.2) is 18.2 Å². The SMILES string of the molecule is CC[C@](C)(O)c1cccc(Cl)n1. The van der Waals surface area contributed by atoms with Crippen LogP contribution in [-0.2, 0) is 5.60 Å². The lowest BCUT2D eigenvalue weighted by Crippen LogP contribution is -2.21. The minimum Gasteiger partial charge on any atom is -0.384 e. The van der Waals surface area contributed by atoms with Crippen molar-refractivity contribution in [3.8, 4) is 0 Å². The largest absolute Gasteiger partial charge is 0.384 e. The van der Waals surface area contributed by atoms with Crippen LogP contribution in [0, 0.1) is 0 Å². The zero-order valence-corrected chi connectivity index (χ0v) is 7.97. The van der Waals surface area contributed by atoms with Crippen molar-refractivity contribution in [3.05, 3.63) is 29.0 Å². The summed E-state index contributed by atoms with van der Waals surface area (Å²) in [6.07, 6.45) is 0.625. The third-order valence-corrected chi connectivity index (χ3v) is 2.17. The van der Waals surface area contributed by atoms with Crippen LogP contribution < -0.4 is 0 Å². The molecule has 1 rings (SSSR count). The van der Waals surface area contributed by atoms with Crippen molar-refractivity contribution < 1.29 is 5.11 Å². The Balaban J connectivity index is 3.03. The molecule has 0 aliphatic rings. The van der Waals surface area contributed by atoms with E-state index < -0.39 is 5.60 Å². The van der Waals surface area contributed by atoms with Crippen molar-refractivity contribution in [2.75, 3.05) is 0 Å². The Morgan fingerprint density at radius 1 is 1.58 bits per heavy atom. The molecule has 0 bridgehead atoms. The van der Waals surface area contributed by atoms with E-state index >= 15 is 0 Å². The van der Waals surface area contributed by atoms with Crippen LogP contribution in [0.2, 0.25) is 5.15 Å². The maximum atomic E-state index is 9.80. The van der Waals surface area contributed by atoms with Gasteiger partial charge in [-0.1, -0.05) is 24.6 Å². The van der Waals surface area contributed by atoms with E-state index in [0.717, 1.165) is 0 Å². The van der Waals surface area contributed by atoms with Crippen LogP contribution in [0.4, 0.5) is 0 Å². The first-order chi connectivity index (χ1) is 5.56. The Morgan fingerprint density at radius 3 is 2.75 bits per heavy atom. The highest BCUT2D eigenvalue weighted by Gasteiger charge is 2.21. The van der Waals surface area contributed by atoms with Crippen molar-refractivity contribution in [1.29, 1.82) is 0 Å². The van der Waals surface area contributed by atoms with Crippen molar-refractivity contribution >= 4 is 11.6 Å².